The Hall–Kier alpha value is -0.850. The number of amides is 1. The molecule has 1 aliphatic heterocycles. The summed E-state index contributed by atoms with van der Waals surface area (Å²) in [6.45, 7) is 13.7. The van der Waals surface area contributed by atoms with Crippen molar-refractivity contribution in [3.8, 4) is 0 Å². The summed E-state index contributed by atoms with van der Waals surface area (Å²) in [6.07, 6.45) is 8.49. The molecule has 6 aliphatic rings. The average molecular weight is 518 g/mol. The number of nitrogens with one attached hydrogen (secondary N) is 1. The molecule has 0 aromatic heterocycles. The van der Waals surface area contributed by atoms with Gasteiger partial charge in [0, 0.05) is 6.54 Å². The molecule has 6 nitrogen and oxygen atoms in total. The second kappa shape index (κ2) is 8.57. The summed E-state index contributed by atoms with van der Waals surface area (Å²) in [6, 6.07) is 0. The average Bonchev–Trinajstić information content (AvgIpc) is 3.46. The van der Waals surface area contributed by atoms with Crippen LogP contribution in [0.4, 0.5) is 4.79 Å². The van der Waals surface area contributed by atoms with Gasteiger partial charge in [-0.1, -0.05) is 34.6 Å². The van der Waals surface area contributed by atoms with Crippen LogP contribution in [0, 0.1) is 51.2 Å². The van der Waals surface area contributed by atoms with Crippen LogP contribution in [-0.4, -0.2) is 53.4 Å². The van der Waals surface area contributed by atoms with Gasteiger partial charge in [0.25, 0.3) is 0 Å². The van der Waals surface area contributed by atoms with Gasteiger partial charge in [-0.05, 0) is 116 Å². The molecule has 0 aromatic carbocycles. The molecule has 11 unspecified atom stereocenters. The Morgan fingerprint density at radius 2 is 1.73 bits per heavy atom. The van der Waals surface area contributed by atoms with Crippen LogP contribution in [0.25, 0.3) is 0 Å². The third kappa shape index (κ3) is 3.43. The number of ether oxygens (including phenoxy) is 2. The first kappa shape index (κ1) is 26.4. The van der Waals surface area contributed by atoms with E-state index in [1.54, 1.807) is 0 Å². The maximum absolute atomic E-state index is 12.3. The maximum Gasteiger partial charge on any atom is 0.407 e. The van der Waals surface area contributed by atoms with Gasteiger partial charge in [0.15, 0.2) is 0 Å². The van der Waals surface area contributed by atoms with E-state index in [1.165, 1.54) is 32.1 Å². The van der Waals surface area contributed by atoms with E-state index in [1.807, 2.05) is 6.92 Å². The lowest BCUT2D eigenvalue weighted by Gasteiger charge is -2.59. The third-order valence-corrected chi connectivity index (χ3v) is 13.2. The summed E-state index contributed by atoms with van der Waals surface area (Å²) in [5.41, 5.74) is 0.828. The minimum Gasteiger partial charge on any atom is -0.443 e. The van der Waals surface area contributed by atoms with Crippen LogP contribution in [-0.2, 0) is 9.47 Å². The van der Waals surface area contributed by atoms with Crippen molar-refractivity contribution in [2.75, 3.05) is 6.54 Å². The number of hydrogen-bond acceptors (Lipinski definition) is 5. The predicted octanol–water partition coefficient (Wildman–Crippen LogP) is 5.30. The lowest BCUT2D eigenvalue weighted by molar-refractivity contribution is -0.163. The molecule has 1 heterocycles. The smallest absolute Gasteiger partial charge is 0.407 e. The van der Waals surface area contributed by atoms with E-state index in [2.05, 4.69) is 39.9 Å². The Labute approximate surface area is 223 Å². The highest BCUT2D eigenvalue weighted by Gasteiger charge is 2.81. The molecule has 6 rings (SSSR count). The number of carbonyl (C=O) groups is 1. The van der Waals surface area contributed by atoms with E-state index in [0.717, 1.165) is 25.7 Å². The Morgan fingerprint density at radius 1 is 1.00 bits per heavy atom. The lowest BCUT2D eigenvalue weighted by atomic mass is 9.46. The van der Waals surface area contributed by atoms with E-state index >= 15 is 0 Å². The van der Waals surface area contributed by atoms with E-state index in [0.29, 0.717) is 35.1 Å². The maximum atomic E-state index is 12.3. The van der Waals surface area contributed by atoms with Crippen molar-refractivity contribution in [2.45, 2.75) is 130 Å². The number of rotatable bonds is 4. The molecule has 12 atom stereocenters. The topological polar surface area (TPSA) is 88.0 Å². The van der Waals surface area contributed by atoms with Crippen LogP contribution in [0.5, 0.6) is 0 Å². The predicted molar refractivity (Wildman–Crippen MR) is 142 cm³/mol. The second-order valence-corrected chi connectivity index (χ2v) is 15.1. The zero-order valence-corrected chi connectivity index (χ0v) is 24.0. The normalized spacial score (nSPS) is 52.1. The van der Waals surface area contributed by atoms with Crippen LogP contribution >= 0.6 is 0 Å². The fourth-order valence-electron chi connectivity index (χ4n) is 11.5. The molecular formula is C31H51NO5. The molecule has 0 aromatic rings. The van der Waals surface area contributed by atoms with Gasteiger partial charge in [-0.15, -0.1) is 0 Å². The van der Waals surface area contributed by atoms with Gasteiger partial charge in [0.2, 0.25) is 0 Å². The molecule has 5 saturated carbocycles. The fourth-order valence-corrected chi connectivity index (χ4v) is 11.5. The van der Waals surface area contributed by atoms with Crippen LogP contribution < -0.4 is 5.32 Å². The molecule has 0 radical (unpaired) electrons. The minimum atomic E-state index is -0.450. The van der Waals surface area contributed by atoms with Gasteiger partial charge >= 0.3 is 6.09 Å². The number of alkyl carbamates (subject to hydrolysis) is 1. The van der Waals surface area contributed by atoms with Crippen molar-refractivity contribution in [1.82, 2.24) is 5.32 Å². The summed E-state index contributed by atoms with van der Waals surface area (Å²) in [4.78, 5) is 12.3. The summed E-state index contributed by atoms with van der Waals surface area (Å²) in [7, 11) is 0. The molecule has 5 aliphatic carbocycles. The van der Waals surface area contributed by atoms with Crippen LogP contribution in [0.15, 0.2) is 0 Å². The number of aliphatic hydroxyl groups is 2. The zero-order chi connectivity index (χ0) is 26.5. The molecule has 3 N–H and O–H groups in total. The van der Waals surface area contributed by atoms with E-state index in [4.69, 9.17) is 9.47 Å². The molecule has 0 bridgehead atoms. The third-order valence-electron chi connectivity index (χ3n) is 13.2. The number of hydrogen-bond donors (Lipinski definition) is 3. The first-order valence-corrected chi connectivity index (χ1v) is 15.4. The summed E-state index contributed by atoms with van der Waals surface area (Å²) < 4.78 is 12.6. The highest BCUT2D eigenvalue weighted by atomic mass is 16.6. The van der Waals surface area contributed by atoms with Gasteiger partial charge in [-0.2, -0.15) is 0 Å². The van der Waals surface area contributed by atoms with Crippen molar-refractivity contribution in [3.63, 3.8) is 0 Å². The van der Waals surface area contributed by atoms with Gasteiger partial charge in [0.1, 0.15) is 6.10 Å². The van der Waals surface area contributed by atoms with Gasteiger partial charge < -0.3 is 25.0 Å². The van der Waals surface area contributed by atoms with Crippen molar-refractivity contribution < 1.29 is 24.5 Å². The number of carbonyl (C=O) groups excluding carboxylic acids is 1. The Morgan fingerprint density at radius 3 is 2.43 bits per heavy atom. The molecule has 6 heteroatoms. The Bertz CT molecular complexity index is 921. The van der Waals surface area contributed by atoms with Gasteiger partial charge in [0.05, 0.1) is 24.4 Å². The van der Waals surface area contributed by atoms with Crippen molar-refractivity contribution in [1.29, 1.82) is 0 Å². The number of fused-ring (bicyclic) bond motifs is 4. The van der Waals surface area contributed by atoms with Gasteiger partial charge in [-0.3, -0.25) is 0 Å². The SMILES string of the molecule is CCNC(=O)OC(C(C)C)C1CCC2C(O1)[C@H](O)C1C3CCC4C(C)(C)C(O)CCC45CC35CCC21C. The van der Waals surface area contributed by atoms with Crippen molar-refractivity contribution in [3.05, 3.63) is 0 Å². The standard InChI is InChI=1S/C31H51NO5/c1-7-32-27(35)37-25(17(2)3)20-10-8-19-26(36-20)24(34)23-18-9-11-21-28(4,5)22(33)12-13-31(21)16-30(18,31)15-14-29(19,23)6/h17-26,33-34H,7-16H2,1-6H3,(H,32,35)/t18?,19?,20?,21?,22?,23?,24-,25?,26?,29?,30?,31?/m1/s1. The summed E-state index contributed by atoms with van der Waals surface area (Å²) >= 11 is 0. The zero-order valence-electron chi connectivity index (χ0n) is 24.0. The van der Waals surface area contributed by atoms with Crippen LogP contribution in [0.3, 0.4) is 0 Å². The van der Waals surface area contributed by atoms with E-state index in [-0.39, 0.29) is 53.2 Å². The Balaban J connectivity index is 1.24. The quantitative estimate of drug-likeness (QED) is 0.471. The largest absolute Gasteiger partial charge is 0.443 e. The van der Waals surface area contributed by atoms with Crippen molar-refractivity contribution >= 4 is 6.09 Å². The van der Waals surface area contributed by atoms with Gasteiger partial charge in [-0.25, -0.2) is 4.79 Å². The number of aliphatic hydroxyl groups excluding tert-OH is 2. The fraction of sp³-hybridized carbons (Fsp3) is 0.968. The molecule has 6 fully saturated rings. The highest BCUT2D eigenvalue weighted by molar-refractivity contribution is 5.67. The van der Waals surface area contributed by atoms with Crippen LogP contribution in [0.1, 0.15) is 99.3 Å². The minimum absolute atomic E-state index is 0.0119. The van der Waals surface area contributed by atoms with Crippen LogP contribution in [0.2, 0.25) is 0 Å². The summed E-state index contributed by atoms with van der Waals surface area (Å²) in [5.74, 6) is 1.96. The first-order valence-electron chi connectivity index (χ1n) is 15.4. The Kier molecular flexibility index (Phi) is 6.11. The monoisotopic (exact) mass is 517 g/mol. The molecular weight excluding hydrogens is 466 g/mol. The molecule has 1 saturated heterocycles. The van der Waals surface area contributed by atoms with E-state index < -0.39 is 6.10 Å². The molecule has 1 amide bonds. The highest BCUT2D eigenvalue weighted by Crippen LogP contribution is 2.87. The second-order valence-electron chi connectivity index (χ2n) is 15.1. The van der Waals surface area contributed by atoms with Crippen molar-refractivity contribution in [2.24, 2.45) is 51.2 Å². The lowest BCUT2D eigenvalue weighted by Crippen LogP contribution is -2.55. The molecule has 37 heavy (non-hydrogen) atoms. The molecule has 2 spiro atoms. The van der Waals surface area contributed by atoms with E-state index in [9.17, 15) is 15.0 Å². The first-order chi connectivity index (χ1) is 17.4. The summed E-state index contributed by atoms with van der Waals surface area (Å²) in [5, 5.41) is 25.7. The molecule has 210 valence electrons.